The van der Waals surface area contributed by atoms with Crippen molar-refractivity contribution in [1.82, 2.24) is 0 Å². The van der Waals surface area contributed by atoms with E-state index < -0.39 is 12.1 Å². The minimum atomic E-state index is -0.803. The Kier molecular flexibility index (Phi) is 3.98. The molecule has 0 N–H and O–H groups in total. The van der Waals surface area contributed by atoms with E-state index in [0.717, 1.165) is 17.7 Å². The fourth-order valence-corrected chi connectivity index (χ4v) is 3.37. The van der Waals surface area contributed by atoms with E-state index in [9.17, 15) is 9.59 Å². The Hall–Kier alpha value is -2.14. The SMILES string of the molecule is C[C@@H](OC(=O)c1cccs1)C(=O)N1c2ccccc2C[C@@H]1C. The summed E-state index contributed by atoms with van der Waals surface area (Å²) in [6, 6.07) is 11.4. The molecule has 3 rings (SSSR count). The highest BCUT2D eigenvalue weighted by Gasteiger charge is 2.34. The van der Waals surface area contributed by atoms with Crippen molar-refractivity contribution in [2.75, 3.05) is 4.90 Å². The second-order valence-corrected chi connectivity index (χ2v) is 6.36. The largest absolute Gasteiger partial charge is 0.448 e. The first-order chi connectivity index (χ1) is 10.6. The third-order valence-corrected chi connectivity index (χ3v) is 4.65. The third kappa shape index (κ3) is 2.64. The van der Waals surface area contributed by atoms with Crippen LogP contribution >= 0.6 is 11.3 Å². The molecule has 1 aliphatic heterocycles. The van der Waals surface area contributed by atoms with Gasteiger partial charge in [-0.05, 0) is 43.3 Å². The first kappa shape index (κ1) is 14.8. The molecule has 5 heteroatoms. The van der Waals surface area contributed by atoms with E-state index in [-0.39, 0.29) is 11.9 Å². The Labute approximate surface area is 133 Å². The number of nitrogens with zero attached hydrogens (tertiary/aromatic N) is 1. The Morgan fingerprint density at radius 1 is 1.27 bits per heavy atom. The summed E-state index contributed by atoms with van der Waals surface area (Å²) < 4.78 is 5.31. The Morgan fingerprint density at radius 3 is 2.77 bits per heavy atom. The molecule has 114 valence electrons. The van der Waals surface area contributed by atoms with Gasteiger partial charge in [0.2, 0.25) is 0 Å². The molecule has 1 aliphatic rings. The van der Waals surface area contributed by atoms with E-state index in [0.29, 0.717) is 4.88 Å². The Morgan fingerprint density at radius 2 is 2.05 bits per heavy atom. The molecular weight excluding hydrogens is 298 g/mol. The van der Waals surface area contributed by atoms with Crippen LogP contribution in [-0.2, 0) is 16.0 Å². The van der Waals surface area contributed by atoms with Crippen LogP contribution in [0.1, 0.15) is 29.1 Å². The smallest absolute Gasteiger partial charge is 0.349 e. The maximum Gasteiger partial charge on any atom is 0.349 e. The number of carbonyl (C=O) groups excluding carboxylic acids is 2. The molecule has 2 atom stereocenters. The van der Waals surface area contributed by atoms with Crippen LogP contribution in [-0.4, -0.2) is 24.0 Å². The molecule has 2 aromatic rings. The molecule has 2 heterocycles. The van der Waals surface area contributed by atoms with E-state index in [1.807, 2.05) is 36.6 Å². The van der Waals surface area contributed by atoms with Gasteiger partial charge in [-0.1, -0.05) is 24.3 Å². The van der Waals surface area contributed by atoms with Crippen LogP contribution in [0.25, 0.3) is 0 Å². The highest BCUT2D eigenvalue weighted by atomic mass is 32.1. The molecule has 0 spiro atoms. The maximum atomic E-state index is 12.7. The number of esters is 1. The molecule has 0 aliphatic carbocycles. The van der Waals surface area contributed by atoms with Crippen LogP contribution in [0, 0.1) is 0 Å². The number of benzene rings is 1. The van der Waals surface area contributed by atoms with E-state index in [1.165, 1.54) is 11.3 Å². The molecule has 0 unspecified atom stereocenters. The van der Waals surface area contributed by atoms with Crippen molar-refractivity contribution in [1.29, 1.82) is 0 Å². The third-order valence-electron chi connectivity index (χ3n) is 3.80. The minimum Gasteiger partial charge on any atom is -0.448 e. The van der Waals surface area contributed by atoms with Crippen molar-refractivity contribution < 1.29 is 14.3 Å². The summed E-state index contributed by atoms with van der Waals surface area (Å²) in [5.74, 6) is -0.627. The summed E-state index contributed by atoms with van der Waals surface area (Å²) in [7, 11) is 0. The van der Waals surface area contributed by atoms with Crippen LogP contribution in [0.4, 0.5) is 5.69 Å². The van der Waals surface area contributed by atoms with E-state index in [4.69, 9.17) is 4.74 Å². The maximum absolute atomic E-state index is 12.7. The van der Waals surface area contributed by atoms with Gasteiger partial charge in [0.1, 0.15) is 4.88 Å². The lowest BCUT2D eigenvalue weighted by Crippen LogP contribution is -2.43. The molecule has 1 amide bonds. The molecule has 0 bridgehead atoms. The first-order valence-electron chi connectivity index (χ1n) is 7.23. The lowest BCUT2D eigenvalue weighted by Gasteiger charge is -2.25. The van der Waals surface area contributed by atoms with E-state index in [2.05, 4.69) is 0 Å². The summed E-state index contributed by atoms with van der Waals surface area (Å²) in [5.41, 5.74) is 2.07. The van der Waals surface area contributed by atoms with Gasteiger partial charge in [0.05, 0.1) is 0 Å². The lowest BCUT2D eigenvalue weighted by atomic mass is 10.1. The van der Waals surface area contributed by atoms with Crippen molar-refractivity contribution in [2.45, 2.75) is 32.4 Å². The molecule has 1 aromatic carbocycles. The molecular formula is C17H17NO3S. The van der Waals surface area contributed by atoms with Crippen molar-refractivity contribution in [3.8, 4) is 0 Å². The summed E-state index contributed by atoms with van der Waals surface area (Å²) >= 11 is 1.31. The number of fused-ring (bicyclic) bond motifs is 1. The van der Waals surface area contributed by atoms with Crippen LogP contribution in [0.2, 0.25) is 0 Å². The second-order valence-electron chi connectivity index (χ2n) is 5.41. The second kappa shape index (κ2) is 5.93. The predicted molar refractivity (Wildman–Crippen MR) is 86.3 cm³/mol. The van der Waals surface area contributed by atoms with Gasteiger partial charge < -0.3 is 9.64 Å². The van der Waals surface area contributed by atoms with Crippen molar-refractivity contribution in [2.24, 2.45) is 0 Å². The van der Waals surface area contributed by atoms with Gasteiger partial charge in [-0.15, -0.1) is 11.3 Å². The molecule has 0 radical (unpaired) electrons. The first-order valence-corrected chi connectivity index (χ1v) is 8.11. The fourth-order valence-electron chi connectivity index (χ4n) is 2.76. The zero-order valence-electron chi connectivity index (χ0n) is 12.5. The molecule has 4 nitrogen and oxygen atoms in total. The van der Waals surface area contributed by atoms with Crippen molar-refractivity contribution in [3.63, 3.8) is 0 Å². The zero-order chi connectivity index (χ0) is 15.7. The molecule has 0 saturated heterocycles. The number of rotatable bonds is 3. The topological polar surface area (TPSA) is 46.6 Å². The Balaban J connectivity index is 1.75. The van der Waals surface area contributed by atoms with Crippen LogP contribution in [0.15, 0.2) is 41.8 Å². The normalized spacial score (nSPS) is 17.9. The van der Waals surface area contributed by atoms with Crippen molar-refractivity contribution in [3.05, 3.63) is 52.2 Å². The lowest BCUT2D eigenvalue weighted by molar-refractivity contribution is -0.126. The summed E-state index contributed by atoms with van der Waals surface area (Å²) in [5, 5.41) is 1.81. The summed E-state index contributed by atoms with van der Waals surface area (Å²) in [6.45, 7) is 3.63. The van der Waals surface area contributed by atoms with Gasteiger partial charge in [-0.3, -0.25) is 4.79 Å². The fraction of sp³-hybridized carbons (Fsp3) is 0.294. The summed E-state index contributed by atoms with van der Waals surface area (Å²) in [4.78, 5) is 26.9. The predicted octanol–water partition coefficient (Wildman–Crippen LogP) is 3.27. The van der Waals surface area contributed by atoms with Crippen LogP contribution in [0.5, 0.6) is 0 Å². The van der Waals surface area contributed by atoms with Gasteiger partial charge in [0, 0.05) is 11.7 Å². The van der Waals surface area contributed by atoms with Gasteiger partial charge >= 0.3 is 5.97 Å². The average Bonchev–Trinajstić information content (AvgIpc) is 3.13. The number of para-hydroxylation sites is 1. The number of hydrogen-bond acceptors (Lipinski definition) is 4. The van der Waals surface area contributed by atoms with Crippen molar-refractivity contribution >= 4 is 28.9 Å². The zero-order valence-corrected chi connectivity index (χ0v) is 13.3. The highest BCUT2D eigenvalue weighted by molar-refractivity contribution is 7.11. The van der Waals surface area contributed by atoms with Gasteiger partial charge in [0.15, 0.2) is 6.10 Å². The number of hydrogen-bond donors (Lipinski definition) is 0. The highest BCUT2D eigenvalue weighted by Crippen LogP contribution is 2.32. The van der Waals surface area contributed by atoms with E-state index >= 15 is 0 Å². The van der Waals surface area contributed by atoms with Crippen LogP contribution < -0.4 is 4.90 Å². The molecule has 1 aromatic heterocycles. The monoisotopic (exact) mass is 315 g/mol. The minimum absolute atomic E-state index is 0.0767. The average molecular weight is 315 g/mol. The summed E-state index contributed by atoms with van der Waals surface area (Å²) in [6.07, 6.45) is 0.0243. The van der Waals surface area contributed by atoms with Gasteiger partial charge in [0.25, 0.3) is 5.91 Å². The van der Waals surface area contributed by atoms with Gasteiger partial charge in [-0.25, -0.2) is 4.79 Å². The number of anilines is 1. The Bertz CT molecular complexity index is 696. The molecule has 0 saturated carbocycles. The molecule has 0 fully saturated rings. The number of ether oxygens (including phenoxy) is 1. The van der Waals surface area contributed by atoms with Crippen LogP contribution in [0.3, 0.4) is 0 Å². The molecule has 22 heavy (non-hydrogen) atoms. The van der Waals surface area contributed by atoms with E-state index in [1.54, 1.807) is 24.0 Å². The number of amides is 1. The quantitative estimate of drug-likeness (QED) is 0.817. The van der Waals surface area contributed by atoms with Gasteiger partial charge in [-0.2, -0.15) is 0 Å². The number of carbonyl (C=O) groups is 2. The number of thiophene rings is 1. The standard InChI is InChI=1S/C17H17NO3S/c1-11-10-13-6-3-4-7-14(13)18(11)16(19)12(2)21-17(20)15-8-5-9-22-15/h3-9,11-12H,10H2,1-2H3/t11-,12+/m0/s1.